The molecule has 0 aliphatic rings. The van der Waals surface area contributed by atoms with Gasteiger partial charge in [-0.15, -0.1) is 0 Å². The van der Waals surface area contributed by atoms with Crippen LogP contribution in [0.5, 0.6) is 0 Å². The number of aldehydes is 1. The van der Waals surface area contributed by atoms with Gasteiger partial charge in [-0.2, -0.15) is 0 Å². The zero-order valence-corrected chi connectivity index (χ0v) is 9.80. The summed E-state index contributed by atoms with van der Waals surface area (Å²) in [5, 5.41) is 0.761. The highest BCUT2D eigenvalue weighted by atomic mass is 32.2. The summed E-state index contributed by atoms with van der Waals surface area (Å²) in [5.41, 5.74) is 0.533. The van der Waals surface area contributed by atoms with Gasteiger partial charge in [0.1, 0.15) is 0 Å². The van der Waals surface area contributed by atoms with Gasteiger partial charge in [-0.1, -0.05) is 37.9 Å². The molecule has 0 bridgehead atoms. The quantitative estimate of drug-likeness (QED) is 0.309. The molecule has 0 aliphatic heterocycles. The van der Waals surface area contributed by atoms with E-state index in [1.54, 1.807) is 24.2 Å². The molecule has 4 heteroatoms. The van der Waals surface area contributed by atoms with Crippen molar-refractivity contribution in [1.82, 2.24) is 9.97 Å². The summed E-state index contributed by atoms with van der Waals surface area (Å²) in [6, 6.07) is 0. The predicted octanol–water partition coefficient (Wildman–Crippen LogP) is 2.96. The van der Waals surface area contributed by atoms with Crippen LogP contribution in [0.2, 0.25) is 0 Å². The van der Waals surface area contributed by atoms with E-state index < -0.39 is 0 Å². The summed E-state index contributed by atoms with van der Waals surface area (Å²) < 4.78 is 0. The Morgan fingerprint density at radius 1 is 1.27 bits per heavy atom. The Labute approximate surface area is 94.7 Å². The van der Waals surface area contributed by atoms with Crippen LogP contribution < -0.4 is 0 Å². The summed E-state index contributed by atoms with van der Waals surface area (Å²) in [5.74, 6) is 1.06. The fraction of sp³-hybridized carbons (Fsp3) is 0.545. The van der Waals surface area contributed by atoms with Crippen LogP contribution in [0.4, 0.5) is 0 Å². The van der Waals surface area contributed by atoms with Crippen molar-refractivity contribution in [2.45, 2.75) is 37.8 Å². The van der Waals surface area contributed by atoms with Crippen molar-refractivity contribution in [2.75, 3.05) is 5.75 Å². The molecule has 1 aromatic heterocycles. The van der Waals surface area contributed by atoms with Crippen molar-refractivity contribution in [1.29, 1.82) is 0 Å². The van der Waals surface area contributed by atoms with Crippen LogP contribution in [0, 0.1) is 0 Å². The molecule has 82 valence electrons. The fourth-order valence-electron chi connectivity index (χ4n) is 1.15. The molecule has 0 saturated carbocycles. The number of rotatable bonds is 7. The molecule has 1 heterocycles. The fourth-order valence-corrected chi connectivity index (χ4v) is 1.94. The van der Waals surface area contributed by atoms with Gasteiger partial charge in [0, 0.05) is 18.1 Å². The molecule has 3 nitrogen and oxygen atoms in total. The molecule has 0 aromatic carbocycles. The van der Waals surface area contributed by atoms with Crippen molar-refractivity contribution in [3.05, 3.63) is 18.0 Å². The smallest absolute Gasteiger partial charge is 0.187 e. The summed E-state index contributed by atoms with van der Waals surface area (Å²) in [6.07, 6.45) is 8.92. The zero-order valence-electron chi connectivity index (χ0n) is 8.98. The van der Waals surface area contributed by atoms with Gasteiger partial charge >= 0.3 is 0 Å². The van der Waals surface area contributed by atoms with E-state index in [0.29, 0.717) is 5.56 Å². The first-order chi connectivity index (χ1) is 7.36. The first-order valence-corrected chi connectivity index (χ1v) is 6.25. The number of unbranched alkanes of at least 4 members (excludes halogenated alkanes) is 3. The van der Waals surface area contributed by atoms with E-state index in [9.17, 15) is 4.79 Å². The predicted molar refractivity (Wildman–Crippen MR) is 62.3 cm³/mol. The molecule has 0 saturated heterocycles. The maximum absolute atomic E-state index is 10.4. The number of hydrogen-bond acceptors (Lipinski definition) is 4. The van der Waals surface area contributed by atoms with E-state index in [2.05, 4.69) is 16.9 Å². The second-order valence-electron chi connectivity index (χ2n) is 3.33. The summed E-state index contributed by atoms with van der Waals surface area (Å²) >= 11 is 1.65. The highest BCUT2D eigenvalue weighted by Gasteiger charge is 1.97. The molecule has 0 N–H and O–H groups in total. The number of hydrogen-bond donors (Lipinski definition) is 0. The highest BCUT2D eigenvalue weighted by Crippen LogP contribution is 2.14. The minimum absolute atomic E-state index is 0.533. The number of thioether (sulfide) groups is 1. The van der Waals surface area contributed by atoms with E-state index >= 15 is 0 Å². The van der Waals surface area contributed by atoms with Gasteiger partial charge in [0.25, 0.3) is 0 Å². The molecule has 1 aromatic rings. The monoisotopic (exact) mass is 224 g/mol. The minimum Gasteiger partial charge on any atom is -0.298 e. The third-order valence-electron chi connectivity index (χ3n) is 2.01. The molecule has 1 rings (SSSR count). The Balaban J connectivity index is 2.22. The van der Waals surface area contributed by atoms with E-state index in [-0.39, 0.29) is 0 Å². The Bertz CT molecular complexity index is 287. The third kappa shape index (κ3) is 4.93. The van der Waals surface area contributed by atoms with Gasteiger partial charge in [-0.05, 0) is 6.42 Å². The normalized spacial score (nSPS) is 10.2. The van der Waals surface area contributed by atoms with Crippen molar-refractivity contribution in [3.63, 3.8) is 0 Å². The van der Waals surface area contributed by atoms with Gasteiger partial charge in [0.05, 0.1) is 5.56 Å². The first-order valence-electron chi connectivity index (χ1n) is 5.27. The lowest BCUT2D eigenvalue weighted by Crippen LogP contribution is -1.90. The van der Waals surface area contributed by atoms with Crippen LogP contribution in [0.15, 0.2) is 17.6 Å². The maximum Gasteiger partial charge on any atom is 0.187 e. The van der Waals surface area contributed by atoms with Gasteiger partial charge in [-0.3, -0.25) is 4.79 Å². The third-order valence-corrected chi connectivity index (χ3v) is 2.98. The Kier molecular flexibility index (Phi) is 6.00. The molecule has 0 spiro atoms. The van der Waals surface area contributed by atoms with Crippen molar-refractivity contribution < 1.29 is 4.79 Å². The van der Waals surface area contributed by atoms with Crippen molar-refractivity contribution >= 4 is 18.0 Å². The molecule has 0 unspecified atom stereocenters. The van der Waals surface area contributed by atoms with Crippen LogP contribution in [0.3, 0.4) is 0 Å². The average molecular weight is 224 g/mol. The largest absolute Gasteiger partial charge is 0.298 e. The molecule has 0 atom stereocenters. The zero-order chi connectivity index (χ0) is 10.9. The van der Waals surface area contributed by atoms with E-state index in [4.69, 9.17) is 0 Å². The number of carbonyl (C=O) groups is 1. The second kappa shape index (κ2) is 7.40. The molecule has 15 heavy (non-hydrogen) atoms. The molecular weight excluding hydrogens is 208 g/mol. The molecule has 0 amide bonds. The van der Waals surface area contributed by atoms with Gasteiger partial charge in [-0.25, -0.2) is 9.97 Å². The SMILES string of the molecule is CCCCCCSc1ncc(C=O)cn1. The van der Waals surface area contributed by atoms with Gasteiger partial charge in [0.15, 0.2) is 11.4 Å². The number of carbonyl (C=O) groups excluding carboxylic acids is 1. The van der Waals surface area contributed by atoms with Crippen LogP contribution >= 0.6 is 11.8 Å². The second-order valence-corrected chi connectivity index (χ2v) is 4.39. The van der Waals surface area contributed by atoms with Crippen molar-refractivity contribution in [3.8, 4) is 0 Å². The Morgan fingerprint density at radius 3 is 2.60 bits per heavy atom. The lowest BCUT2D eigenvalue weighted by atomic mass is 10.2. The Hall–Kier alpha value is -0.900. The van der Waals surface area contributed by atoms with E-state index in [0.717, 1.165) is 17.2 Å². The van der Waals surface area contributed by atoms with Crippen LogP contribution in [-0.2, 0) is 0 Å². The molecule has 0 aliphatic carbocycles. The van der Waals surface area contributed by atoms with Crippen LogP contribution in [0.1, 0.15) is 43.0 Å². The summed E-state index contributed by atoms with van der Waals surface area (Å²) in [6.45, 7) is 2.20. The van der Waals surface area contributed by atoms with Crippen molar-refractivity contribution in [2.24, 2.45) is 0 Å². The van der Waals surface area contributed by atoms with Crippen LogP contribution in [0.25, 0.3) is 0 Å². The topological polar surface area (TPSA) is 42.9 Å². The molecular formula is C11H16N2OS. The molecule has 0 radical (unpaired) electrons. The first kappa shape index (κ1) is 12.2. The van der Waals surface area contributed by atoms with Gasteiger partial charge in [0.2, 0.25) is 0 Å². The van der Waals surface area contributed by atoms with E-state index in [1.807, 2.05) is 0 Å². The number of aromatic nitrogens is 2. The Morgan fingerprint density at radius 2 is 2.00 bits per heavy atom. The summed E-state index contributed by atoms with van der Waals surface area (Å²) in [7, 11) is 0. The summed E-state index contributed by atoms with van der Waals surface area (Å²) in [4.78, 5) is 18.5. The standard InChI is InChI=1S/C11H16N2OS/c1-2-3-4-5-6-15-11-12-7-10(9-14)8-13-11/h7-9H,2-6H2,1H3. The lowest BCUT2D eigenvalue weighted by Gasteiger charge is -1.99. The van der Waals surface area contributed by atoms with E-state index in [1.165, 1.54) is 25.7 Å². The van der Waals surface area contributed by atoms with Gasteiger partial charge < -0.3 is 0 Å². The minimum atomic E-state index is 0.533. The molecule has 0 fully saturated rings. The van der Waals surface area contributed by atoms with Crippen LogP contribution in [-0.4, -0.2) is 22.0 Å². The lowest BCUT2D eigenvalue weighted by molar-refractivity contribution is 0.112. The average Bonchev–Trinajstić information content (AvgIpc) is 2.30. The highest BCUT2D eigenvalue weighted by molar-refractivity contribution is 7.99. The maximum atomic E-state index is 10.4. The number of nitrogens with zero attached hydrogens (tertiary/aromatic N) is 2.